The second kappa shape index (κ2) is 512. The minimum atomic E-state index is 0. The van der Waals surface area contributed by atoms with Gasteiger partial charge in [-0.25, -0.2) is 15.0 Å². The third kappa shape index (κ3) is 503. The van der Waals surface area contributed by atoms with Crippen LogP contribution in [0.2, 0.25) is 0 Å². The monoisotopic (exact) mass is 1950 g/mol. The van der Waals surface area contributed by atoms with E-state index in [4.69, 9.17) is 0 Å². The van der Waals surface area contributed by atoms with E-state index in [1.54, 1.807) is 105 Å². The Morgan fingerprint density at radius 3 is 0.689 bits per heavy atom. The number of nitrogens with zero attached hydrogens (tertiary/aromatic N) is 11. The number of piperidine rings is 1. The predicted octanol–water partition coefficient (Wildman–Crippen LogP) is 39.4. The number of aromatic amines is 3. The van der Waals surface area contributed by atoms with Crippen molar-refractivity contribution < 1.29 is 0 Å². The molecule has 0 spiro atoms. The Morgan fingerprint density at radius 1 is 0.237 bits per heavy atom. The fraction of sp³-hybridized carbons (Fsp3) is 0.711. The van der Waals surface area contributed by atoms with Gasteiger partial charge in [0.05, 0.1) is 19.2 Å². The molecule has 10 N–H and O–H groups in total. The van der Waals surface area contributed by atoms with E-state index in [-0.39, 0.29) is 96.5 Å². The Labute approximate surface area is 867 Å². The standard InChI is InChI=1S/C5H11N.C5H5N.3C4H4N2.2C4H7N.C4H5N.C3H8N2.C3H6N2.C3H4N2.C3H6N2.C3H4N2.26C2H6.13CH4/c2*1-2-4-6-5-3-1;1-2-6-4-3-5-1;1-2-5-4-6-3-1;1-2-4-6-5-3-1;3*1-2-4-5-3-1;3*1-2-5-3-4-1;2*1-2-4-5-3-1;26*1-2;;;;;;;;;;;;;/h6H,1-5H2;1-5H;3*1-4H;1,3,5H,2,4H2;1-2,5H,3-4H2;1-5H;4-5H,1-3H2;3H,1-2H2,(H,4,5);1-3H,(H,4,5);2,5H,1,3H2;1-3H,(H,4,5);26*1-2H3;13*1H4. The number of rotatable bonds is 0. The van der Waals surface area contributed by atoms with Crippen LogP contribution in [0.3, 0.4) is 0 Å². The number of hydrogen-bond acceptors (Lipinski definition) is 18. The molecule has 2 fully saturated rings. The third-order valence-corrected chi connectivity index (χ3v) is 7.77. The van der Waals surface area contributed by atoms with Crippen LogP contribution in [-0.2, 0) is 0 Å². The van der Waals surface area contributed by atoms with Gasteiger partial charge in [0, 0.05) is 164 Å². The van der Waals surface area contributed by atoms with Gasteiger partial charge in [0.2, 0.25) is 0 Å². The zero-order valence-corrected chi connectivity index (χ0v) is 92.3. The molecule has 0 aromatic carbocycles. The summed E-state index contributed by atoms with van der Waals surface area (Å²) in [5.74, 6) is 0. The van der Waals surface area contributed by atoms with Crippen LogP contribution in [0.15, 0.2) is 201 Å². The molecule has 7 aromatic heterocycles. The fourth-order valence-electron chi connectivity index (χ4n) is 4.50. The van der Waals surface area contributed by atoms with E-state index in [1.807, 2.05) is 433 Å². The van der Waals surface area contributed by atoms with Crippen LogP contribution in [0.25, 0.3) is 0 Å². The van der Waals surface area contributed by atoms with Crippen molar-refractivity contribution in [1.29, 1.82) is 0 Å². The molecule has 7 aromatic rings. The molecule has 135 heavy (non-hydrogen) atoms. The highest BCUT2D eigenvalue weighted by molar-refractivity contribution is 5.58. The number of hydrogen-bond donors (Lipinski definition) is 10. The van der Waals surface area contributed by atoms with Gasteiger partial charge in [-0.15, -0.1) is 0 Å². The molecule has 0 radical (unpaired) electrons. The van der Waals surface area contributed by atoms with E-state index < -0.39 is 0 Å². The zero-order valence-electron chi connectivity index (χ0n) is 92.3. The fourth-order valence-corrected chi connectivity index (χ4v) is 4.50. The van der Waals surface area contributed by atoms with E-state index >= 15 is 0 Å². The van der Waals surface area contributed by atoms with Crippen molar-refractivity contribution in [3.05, 3.63) is 191 Å². The molecule has 21 heteroatoms. The largest absolute Gasteiger partial charge is 0.391 e. The Morgan fingerprint density at radius 2 is 0.593 bits per heavy atom. The molecule has 13 rings (SSSR count). The van der Waals surface area contributed by atoms with Gasteiger partial charge in [-0.3, -0.25) is 25.0 Å². The molecule has 13 heterocycles. The summed E-state index contributed by atoms with van der Waals surface area (Å²) in [5, 5.41) is 35.6. The van der Waals surface area contributed by atoms with Crippen molar-refractivity contribution in [2.45, 2.75) is 489 Å². The summed E-state index contributed by atoms with van der Waals surface area (Å²) in [6.07, 6.45) is 49.0. The second-order valence-corrected chi connectivity index (χ2v) is 13.4. The number of aliphatic imine (C=N–C) groups is 1. The smallest absolute Gasteiger partial charge is 0.115 e. The number of nitrogens with one attached hydrogen (secondary N) is 10. The maximum atomic E-state index is 3.85. The van der Waals surface area contributed by atoms with Crippen LogP contribution in [0.5, 0.6) is 0 Å². The van der Waals surface area contributed by atoms with E-state index in [1.165, 1.54) is 45.1 Å². The maximum Gasteiger partial charge on any atom is 0.115 e. The van der Waals surface area contributed by atoms with E-state index in [0.29, 0.717) is 0 Å². The molecular weight excluding hydrogens is 1660 g/mol. The molecule has 0 aliphatic carbocycles. The van der Waals surface area contributed by atoms with Crippen molar-refractivity contribution >= 4 is 12.6 Å². The Bertz CT molecular complexity index is 1520. The van der Waals surface area contributed by atoms with Crippen molar-refractivity contribution in [2.75, 3.05) is 72.1 Å². The topological polar surface area (TPSA) is 272 Å². The van der Waals surface area contributed by atoms with Gasteiger partial charge in [0.25, 0.3) is 0 Å². The lowest BCUT2D eigenvalue weighted by Crippen LogP contribution is -2.21. The van der Waals surface area contributed by atoms with Gasteiger partial charge < -0.3 is 47.3 Å². The first-order valence-corrected chi connectivity index (χ1v) is 49.2. The Kier molecular flexibility index (Phi) is 987. The normalized spacial score (nSPS) is 8.33. The molecule has 21 nitrogen and oxygen atoms in total. The van der Waals surface area contributed by atoms with Crippen LogP contribution < -0.4 is 37.3 Å². The quantitative estimate of drug-likeness (QED) is 0.0632. The average Bonchev–Trinajstić information content (AvgIpc) is 2.05. The lowest BCUT2D eigenvalue weighted by Gasteiger charge is -2.08. The maximum absolute atomic E-state index is 3.85. The van der Waals surface area contributed by atoms with E-state index in [0.717, 1.165) is 65.4 Å². The summed E-state index contributed by atoms with van der Waals surface area (Å²) in [5.41, 5.74) is 2.79. The minimum Gasteiger partial charge on any atom is -0.391 e. The number of pyridine rings is 1. The molecule has 2 saturated heterocycles. The molecule has 6 aliphatic rings. The third-order valence-electron chi connectivity index (χ3n) is 7.77. The summed E-state index contributed by atoms with van der Waals surface area (Å²) in [6, 6.07) is 16.9. The first kappa shape index (κ1) is 260. The summed E-state index contributed by atoms with van der Waals surface area (Å²) in [7, 11) is 0. The molecule has 0 amide bonds. The highest BCUT2D eigenvalue weighted by Crippen LogP contribution is 1.96. The molecule has 0 bridgehead atoms. The van der Waals surface area contributed by atoms with Crippen molar-refractivity contribution in [2.24, 2.45) is 10.1 Å². The average molecular weight is 1950 g/mol. The molecule has 0 saturated carbocycles. The predicted molar refractivity (Wildman–Crippen MR) is 665 cm³/mol. The summed E-state index contributed by atoms with van der Waals surface area (Å²) < 4.78 is 0. The highest BCUT2D eigenvalue weighted by Gasteiger charge is 1.94. The Balaban J connectivity index is -0.0000000191. The van der Waals surface area contributed by atoms with Crippen LogP contribution in [-0.4, -0.2) is 145 Å². The minimum absolute atomic E-state index is 0. The van der Waals surface area contributed by atoms with Gasteiger partial charge in [0.1, 0.15) is 6.33 Å². The number of hydrazone groups is 1. The lowest BCUT2D eigenvalue weighted by atomic mass is 10.2. The van der Waals surface area contributed by atoms with Gasteiger partial charge in [-0.2, -0.15) is 20.4 Å². The van der Waals surface area contributed by atoms with Crippen LogP contribution in [0.4, 0.5) is 0 Å². The van der Waals surface area contributed by atoms with E-state index in [9.17, 15) is 0 Å². The number of H-pyrrole nitrogens is 3. The van der Waals surface area contributed by atoms with Gasteiger partial charge in [0.15, 0.2) is 0 Å². The number of imidazole rings is 1. The first-order valence-electron chi connectivity index (χ1n) is 49.2. The molecular formula is C114H283N21. The van der Waals surface area contributed by atoms with Crippen LogP contribution in [0, 0.1) is 0 Å². The second-order valence-electron chi connectivity index (χ2n) is 13.4. The number of aromatic nitrogens is 12. The Hall–Kier alpha value is -7.85. The molecule has 0 unspecified atom stereocenters. The highest BCUT2D eigenvalue weighted by atomic mass is 15.3. The van der Waals surface area contributed by atoms with E-state index in [2.05, 4.69) is 126 Å². The zero-order chi connectivity index (χ0) is 101. The molecule has 0 atom stereocenters. The van der Waals surface area contributed by atoms with Crippen molar-refractivity contribution in [3.8, 4) is 0 Å². The summed E-state index contributed by atoms with van der Waals surface area (Å²) >= 11 is 0. The van der Waals surface area contributed by atoms with Gasteiger partial charge in [-0.1, -0.05) is 487 Å². The van der Waals surface area contributed by atoms with Gasteiger partial charge in [-0.05, 0) is 87.1 Å². The summed E-state index contributed by atoms with van der Waals surface area (Å²) in [6.45, 7) is 116. The van der Waals surface area contributed by atoms with Crippen LogP contribution >= 0.6 is 0 Å². The van der Waals surface area contributed by atoms with Crippen molar-refractivity contribution in [3.63, 3.8) is 0 Å². The molecule has 6 aliphatic heterocycles. The summed E-state index contributed by atoms with van der Waals surface area (Å²) in [4.78, 5) is 31.7. The SMILES string of the molecule is C.C.C.C.C.C.C.C.C.C.C.C.C.C1=CCNC1.C1=CNCC1.C1=NCCN1.C1=NNCC1.C1CCNCC1.C1CNCN1.CC.CC.CC.CC.CC.CC.CC.CC.CC.CC.CC.CC.CC.CC.CC.CC.CC.CC.CC.CC.CC.CC.CC.CC.CC.CC.c1c[nH]cn1.c1cc[nH]c1.c1ccncc1.c1ccnnc1.c1cn[nH]c1.c1cnccn1.c1cncnc1. The molecule has 844 valence electrons. The first-order chi connectivity index (χ1) is 61.0. The van der Waals surface area contributed by atoms with Crippen LogP contribution in [0.1, 0.15) is 489 Å². The van der Waals surface area contributed by atoms with Crippen molar-refractivity contribution in [1.82, 2.24) is 97.6 Å². The van der Waals surface area contributed by atoms with Gasteiger partial charge >= 0.3 is 0 Å². The lowest BCUT2D eigenvalue weighted by molar-refractivity contribution is 0.520.